The number of carbonyl (C=O) groups excluding carboxylic acids is 1. The zero-order chi connectivity index (χ0) is 12.1. The van der Waals surface area contributed by atoms with Crippen molar-refractivity contribution in [1.82, 2.24) is 5.32 Å². The fourth-order valence-corrected chi connectivity index (χ4v) is 1.91. The highest BCUT2D eigenvalue weighted by Crippen LogP contribution is 2.18. The molecule has 0 spiro atoms. The van der Waals surface area contributed by atoms with Crippen LogP contribution in [0, 0.1) is 5.82 Å². The summed E-state index contributed by atoms with van der Waals surface area (Å²) in [5.41, 5.74) is 0.281. The summed E-state index contributed by atoms with van der Waals surface area (Å²) in [5.74, 6) is -0.416. The van der Waals surface area contributed by atoms with Crippen molar-refractivity contribution in [3.63, 3.8) is 0 Å². The fraction of sp³-hybridized carbons (Fsp3) is 0.364. The van der Waals surface area contributed by atoms with Crippen LogP contribution in [-0.2, 0) is 0 Å². The molecule has 0 bridgehead atoms. The molecule has 16 heavy (non-hydrogen) atoms. The first-order valence-corrected chi connectivity index (χ1v) is 6.23. The Morgan fingerprint density at radius 3 is 2.88 bits per heavy atom. The number of halogens is 3. The first-order valence-electron chi connectivity index (χ1n) is 4.90. The predicted octanol–water partition coefficient (Wildman–Crippen LogP) is 3.34. The Hall–Kier alpha value is -0.610. The van der Waals surface area contributed by atoms with E-state index >= 15 is 0 Å². The first kappa shape index (κ1) is 13.5. The van der Waals surface area contributed by atoms with Crippen LogP contribution in [0.15, 0.2) is 22.7 Å². The number of rotatable bonds is 4. The molecule has 0 aliphatic heterocycles. The van der Waals surface area contributed by atoms with Crippen LogP contribution in [0.4, 0.5) is 4.39 Å². The third-order valence-electron chi connectivity index (χ3n) is 2.19. The lowest BCUT2D eigenvalue weighted by molar-refractivity contribution is 0.0938. The molecule has 0 aliphatic rings. The number of carbonyl (C=O) groups is 1. The van der Waals surface area contributed by atoms with Crippen LogP contribution >= 0.6 is 27.5 Å². The normalized spacial score (nSPS) is 12.2. The van der Waals surface area contributed by atoms with Crippen molar-refractivity contribution in [2.75, 3.05) is 5.88 Å². The van der Waals surface area contributed by atoms with Crippen molar-refractivity contribution < 1.29 is 9.18 Å². The Labute approximate surface area is 107 Å². The molecule has 0 aromatic heterocycles. The standard InChI is InChI=1S/C11H12BrClFNO/c1-2-8(6-13)15-11(16)9-5-7(14)3-4-10(9)12/h3-5,8H,2,6H2,1H3,(H,15,16). The lowest BCUT2D eigenvalue weighted by Gasteiger charge is -2.14. The molecule has 2 nitrogen and oxygen atoms in total. The molecular weight excluding hydrogens is 296 g/mol. The molecule has 1 N–H and O–H groups in total. The first-order chi connectivity index (χ1) is 7.58. The van der Waals surface area contributed by atoms with Gasteiger partial charge in [0.15, 0.2) is 0 Å². The summed E-state index contributed by atoms with van der Waals surface area (Å²) in [4.78, 5) is 11.8. The van der Waals surface area contributed by atoms with Gasteiger partial charge < -0.3 is 5.32 Å². The van der Waals surface area contributed by atoms with E-state index in [1.807, 2.05) is 6.92 Å². The molecule has 1 amide bonds. The minimum absolute atomic E-state index is 0.0932. The fourth-order valence-electron chi connectivity index (χ4n) is 1.18. The Bertz CT molecular complexity index is 382. The van der Waals surface area contributed by atoms with Crippen molar-refractivity contribution in [2.45, 2.75) is 19.4 Å². The summed E-state index contributed by atoms with van der Waals surface area (Å²) < 4.78 is 13.5. The molecule has 0 aliphatic carbocycles. The zero-order valence-corrected chi connectivity index (χ0v) is 11.1. The molecule has 0 saturated heterocycles. The smallest absolute Gasteiger partial charge is 0.252 e. The molecule has 0 radical (unpaired) electrons. The second-order valence-corrected chi connectivity index (χ2v) is 4.52. The SMILES string of the molecule is CCC(CCl)NC(=O)c1cc(F)ccc1Br. The molecular formula is C11H12BrClFNO. The van der Waals surface area contributed by atoms with Gasteiger partial charge in [0.2, 0.25) is 0 Å². The van der Waals surface area contributed by atoms with E-state index in [2.05, 4.69) is 21.2 Å². The van der Waals surface area contributed by atoms with E-state index in [4.69, 9.17) is 11.6 Å². The Morgan fingerprint density at radius 2 is 2.31 bits per heavy atom. The Kier molecular flexibility index (Phi) is 5.22. The molecule has 1 aromatic carbocycles. The molecule has 0 saturated carbocycles. The van der Waals surface area contributed by atoms with E-state index in [1.54, 1.807) is 0 Å². The van der Waals surface area contributed by atoms with Crippen LogP contribution in [0.5, 0.6) is 0 Å². The van der Waals surface area contributed by atoms with E-state index in [0.717, 1.165) is 6.42 Å². The van der Waals surface area contributed by atoms with Gasteiger partial charge in [-0.2, -0.15) is 0 Å². The van der Waals surface area contributed by atoms with Gasteiger partial charge >= 0.3 is 0 Å². The molecule has 88 valence electrons. The lowest BCUT2D eigenvalue weighted by Crippen LogP contribution is -2.35. The maximum atomic E-state index is 13.0. The quantitative estimate of drug-likeness (QED) is 0.849. The summed E-state index contributed by atoms with van der Waals surface area (Å²) in [6.07, 6.45) is 0.738. The van der Waals surface area contributed by atoms with Crippen LogP contribution < -0.4 is 5.32 Å². The topological polar surface area (TPSA) is 29.1 Å². The van der Waals surface area contributed by atoms with Crippen LogP contribution in [0.25, 0.3) is 0 Å². The molecule has 1 unspecified atom stereocenters. The van der Waals surface area contributed by atoms with E-state index < -0.39 is 5.82 Å². The lowest BCUT2D eigenvalue weighted by atomic mass is 10.2. The van der Waals surface area contributed by atoms with Crippen LogP contribution in [0.3, 0.4) is 0 Å². The monoisotopic (exact) mass is 307 g/mol. The van der Waals surface area contributed by atoms with E-state index in [0.29, 0.717) is 10.4 Å². The number of hydrogen-bond donors (Lipinski definition) is 1. The van der Waals surface area contributed by atoms with Gasteiger partial charge in [-0.15, -0.1) is 11.6 Å². The van der Waals surface area contributed by atoms with E-state index in [1.165, 1.54) is 18.2 Å². The van der Waals surface area contributed by atoms with Gasteiger partial charge in [-0.25, -0.2) is 4.39 Å². The van der Waals surface area contributed by atoms with Crippen LogP contribution in [0.2, 0.25) is 0 Å². The second-order valence-electron chi connectivity index (χ2n) is 3.36. The minimum Gasteiger partial charge on any atom is -0.348 e. The average molecular weight is 309 g/mol. The Morgan fingerprint density at radius 1 is 1.62 bits per heavy atom. The van der Waals surface area contributed by atoms with E-state index in [-0.39, 0.29) is 17.5 Å². The maximum absolute atomic E-state index is 13.0. The average Bonchev–Trinajstić information content (AvgIpc) is 2.28. The van der Waals surface area contributed by atoms with Crippen molar-refractivity contribution in [2.24, 2.45) is 0 Å². The minimum atomic E-state index is -0.438. The van der Waals surface area contributed by atoms with E-state index in [9.17, 15) is 9.18 Å². The van der Waals surface area contributed by atoms with Gasteiger partial charge in [-0.1, -0.05) is 6.92 Å². The predicted molar refractivity (Wildman–Crippen MR) is 66.4 cm³/mol. The summed E-state index contributed by atoms with van der Waals surface area (Å²) in [6.45, 7) is 1.92. The van der Waals surface area contributed by atoms with Gasteiger partial charge in [0.1, 0.15) is 5.82 Å². The van der Waals surface area contributed by atoms with Gasteiger partial charge in [-0.3, -0.25) is 4.79 Å². The number of hydrogen-bond acceptors (Lipinski definition) is 1. The second kappa shape index (κ2) is 6.21. The molecule has 0 heterocycles. The van der Waals surface area contributed by atoms with Gasteiger partial charge in [0.25, 0.3) is 5.91 Å². The number of benzene rings is 1. The van der Waals surface area contributed by atoms with Gasteiger partial charge in [0.05, 0.1) is 5.56 Å². The van der Waals surface area contributed by atoms with Gasteiger partial charge in [0, 0.05) is 16.4 Å². The summed E-state index contributed by atoms with van der Waals surface area (Å²) >= 11 is 8.87. The summed E-state index contributed by atoms with van der Waals surface area (Å²) in [5, 5.41) is 2.73. The maximum Gasteiger partial charge on any atom is 0.252 e. The molecule has 0 fully saturated rings. The van der Waals surface area contributed by atoms with Crippen molar-refractivity contribution >= 4 is 33.4 Å². The third kappa shape index (κ3) is 3.46. The van der Waals surface area contributed by atoms with Crippen molar-refractivity contribution in [3.05, 3.63) is 34.1 Å². The van der Waals surface area contributed by atoms with Crippen LogP contribution in [-0.4, -0.2) is 17.8 Å². The van der Waals surface area contributed by atoms with Gasteiger partial charge in [-0.05, 0) is 40.5 Å². The molecule has 5 heteroatoms. The third-order valence-corrected chi connectivity index (χ3v) is 3.25. The summed E-state index contributed by atoms with van der Waals surface area (Å²) in [7, 11) is 0. The Balaban J connectivity index is 2.83. The molecule has 1 aromatic rings. The highest BCUT2D eigenvalue weighted by atomic mass is 79.9. The van der Waals surface area contributed by atoms with Crippen molar-refractivity contribution in [3.8, 4) is 0 Å². The number of alkyl halides is 1. The highest BCUT2D eigenvalue weighted by Gasteiger charge is 2.14. The number of amides is 1. The molecule has 1 rings (SSSR count). The largest absolute Gasteiger partial charge is 0.348 e. The van der Waals surface area contributed by atoms with Crippen LogP contribution in [0.1, 0.15) is 23.7 Å². The van der Waals surface area contributed by atoms with Crippen molar-refractivity contribution in [1.29, 1.82) is 0 Å². The zero-order valence-electron chi connectivity index (χ0n) is 8.77. The highest BCUT2D eigenvalue weighted by molar-refractivity contribution is 9.10. The molecule has 1 atom stereocenters. The number of nitrogens with one attached hydrogen (secondary N) is 1. The summed E-state index contributed by atoms with van der Waals surface area (Å²) in [6, 6.07) is 3.90.